The Bertz CT molecular complexity index is 418. The average Bonchev–Trinajstić information content (AvgIpc) is 2.36. The quantitative estimate of drug-likeness (QED) is 0.775. The van der Waals surface area contributed by atoms with Gasteiger partial charge >= 0.3 is 6.03 Å². The third-order valence-electron chi connectivity index (χ3n) is 2.62. The molecule has 4 heteroatoms. The predicted molar refractivity (Wildman–Crippen MR) is 66.2 cm³/mol. The molecule has 4 nitrogen and oxygen atoms in total. The number of carbonyl (C=O) groups is 1. The van der Waals surface area contributed by atoms with Gasteiger partial charge in [-0.3, -0.25) is 0 Å². The van der Waals surface area contributed by atoms with Crippen molar-refractivity contribution in [2.24, 2.45) is 0 Å². The van der Waals surface area contributed by atoms with Gasteiger partial charge in [0.25, 0.3) is 0 Å². The number of rotatable bonds is 3. The smallest absolute Gasteiger partial charge is 0.315 e. The summed E-state index contributed by atoms with van der Waals surface area (Å²) in [5.74, 6) is 0.914. The van der Waals surface area contributed by atoms with E-state index in [0.717, 1.165) is 17.7 Å². The number of amides is 2. The SMILES string of the molecule is C=CCNC(=O)NC1COc2ccccc2C1. The highest BCUT2D eigenvalue weighted by Crippen LogP contribution is 2.23. The molecular weight excluding hydrogens is 216 g/mol. The number of hydrogen-bond donors (Lipinski definition) is 2. The third kappa shape index (κ3) is 3.00. The topological polar surface area (TPSA) is 50.4 Å². The Morgan fingerprint density at radius 2 is 2.35 bits per heavy atom. The molecule has 1 aliphatic heterocycles. The van der Waals surface area contributed by atoms with E-state index in [2.05, 4.69) is 17.2 Å². The van der Waals surface area contributed by atoms with Crippen LogP contribution in [-0.4, -0.2) is 25.2 Å². The van der Waals surface area contributed by atoms with Crippen LogP contribution >= 0.6 is 0 Å². The van der Waals surface area contributed by atoms with Gasteiger partial charge in [0.2, 0.25) is 0 Å². The zero-order valence-electron chi connectivity index (χ0n) is 9.61. The first kappa shape index (κ1) is 11.5. The molecule has 0 saturated carbocycles. The minimum Gasteiger partial charge on any atom is -0.491 e. The Labute approximate surface area is 101 Å². The first-order chi connectivity index (χ1) is 8.29. The van der Waals surface area contributed by atoms with Crippen molar-refractivity contribution in [3.05, 3.63) is 42.5 Å². The van der Waals surface area contributed by atoms with Crippen molar-refractivity contribution < 1.29 is 9.53 Å². The van der Waals surface area contributed by atoms with Gasteiger partial charge in [-0.05, 0) is 18.1 Å². The summed E-state index contributed by atoms with van der Waals surface area (Å²) in [6.07, 6.45) is 2.45. The van der Waals surface area contributed by atoms with Gasteiger partial charge in [-0.15, -0.1) is 6.58 Å². The molecule has 0 saturated heterocycles. The standard InChI is InChI=1S/C13H16N2O2/c1-2-7-14-13(16)15-11-8-10-5-3-4-6-12(10)17-9-11/h2-6,11H,1,7-9H2,(H2,14,15,16). The molecule has 0 spiro atoms. The molecule has 2 N–H and O–H groups in total. The van der Waals surface area contributed by atoms with Gasteiger partial charge < -0.3 is 15.4 Å². The lowest BCUT2D eigenvalue weighted by Gasteiger charge is -2.25. The van der Waals surface area contributed by atoms with Gasteiger partial charge in [0.1, 0.15) is 12.4 Å². The number of ether oxygens (including phenoxy) is 1. The molecule has 1 unspecified atom stereocenters. The van der Waals surface area contributed by atoms with Crippen molar-refractivity contribution in [3.63, 3.8) is 0 Å². The van der Waals surface area contributed by atoms with Crippen molar-refractivity contribution in [3.8, 4) is 5.75 Å². The molecule has 2 amide bonds. The lowest BCUT2D eigenvalue weighted by molar-refractivity contribution is 0.215. The van der Waals surface area contributed by atoms with E-state index in [9.17, 15) is 4.79 Å². The second-order valence-corrected chi connectivity index (χ2v) is 3.96. The maximum atomic E-state index is 11.5. The molecule has 17 heavy (non-hydrogen) atoms. The number of urea groups is 1. The van der Waals surface area contributed by atoms with Crippen LogP contribution in [0.5, 0.6) is 5.75 Å². The first-order valence-corrected chi connectivity index (χ1v) is 5.65. The molecule has 2 rings (SSSR count). The van der Waals surface area contributed by atoms with Crippen molar-refractivity contribution in [2.75, 3.05) is 13.2 Å². The van der Waals surface area contributed by atoms with E-state index in [-0.39, 0.29) is 12.1 Å². The second-order valence-electron chi connectivity index (χ2n) is 3.96. The fraction of sp³-hybridized carbons (Fsp3) is 0.308. The number of nitrogens with one attached hydrogen (secondary N) is 2. The van der Waals surface area contributed by atoms with Crippen LogP contribution in [0, 0.1) is 0 Å². The average molecular weight is 232 g/mol. The monoisotopic (exact) mass is 232 g/mol. The molecule has 1 aromatic carbocycles. The fourth-order valence-corrected chi connectivity index (χ4v) is 1.82. The molecule has 0 bridgehead atoms. The Kier molecular flexibility index (Phi) is 3.65. The Hall–Kier alpha value is -1.97. The van der Waals surface area contributed by atoms with E-state index < -0.39 is 0 Å². The van der Waals surface area contributed by atoms with Crippen LogP contribution in [0.25, 0.3) is 0 Å². The van der Waals surface area contributed by atoms with Crippen LogP contribution in [-0.2, 0) is 6.42 Å². The highest BCUT2D eigenvalue weighted by atomic mass is 16.5. The van der Waals surface area contributed by atoms with Gasteiger partial charge in [0, 0.05) is 6.54 Å². The van der Waals surface area contributed by atoms with E-state index in [4.69, 9.17) is 4.74 Å². The zero-order chi connectivity index (χ0) is 12.1. The highest BCUT2D eigenvalue weighted by molar-refractivity contribution is 5.74. The first-order valence-electron chi connectivity index (χ1n) is 5.65. The van der Waals surface area contributed by atoms with Crippen molar-refractivity contribution in [2.45, 2.75) is 12.5 Å². The number of benzene rings is 1. The van der Waals surface area contributed by atoms with Crippen molar-refractivity contribution in [1.29, 1.82) is 0 Å². The van der Waals surface area contributed by atoms with Gasteiger partial charge in [-0.1, -0.05) is 24.3 Å². The highest BCUT2D eigenvalue weighted by Gasteiger charge is 2.20. The Morgan fingerprint density at radius 1 is 1.53 bits per heavy atom. The number of carbonyl (C=O) groups excluding carboxylic acids is 1. The van der Waals surface area contributed by atoms with E-state index in [1.54, 1.807) is 6.08 Å². The molecule has 1 aliphatic rings. The second kappa shape index (κ2) is 5.39. The van der Waals surface area contributed by atoms with Crippen LogP contribution in [0.1, 0.15) is 5.56 Å². The van der Waals surface area contributed by atoms with Crippen LogP contribution in [0.15, 0.2) is 36.9 Å². The maximum Gasteiger partial charge on any atom is 0.315 e. The summed E-state index contributed by atoms with van der Waals surface area (Å²) in [7, 11) is 0. The van der Waals surface area contributed by atoms with Gasteiger partial charge in [-0.2, -0.15) is 0 Å². The van der Waals surface area contributed by atoms with Gasteiger partial charge in [0.05, 0.1) is 6.04 Å². The number of hydrogen-bond acceptors (Lipinski definition) is 2. The maximum absolute atomic E-state index is 11.5. The molecule has 1 heterocycles. The number of fused-ring (bicyclic) bond motifs is 1. The van der Waals surface area contributed by atoms with Crippen molar-refractivity contribution in [1.82, 2.24) is 10.6 Å². The molecular formula is C13H16N2O2. The molecule has 90 valence electrons. The van der Waals surface area contributed by atoms with Gasteiger partial charge in [0.15, 0.2) is 0 Å². The summed E-state index contributed by atoms with van der Waals surface area (Å²) in [6, 6.07) is 7.73. The van der Waals surface area contributed by atoms with E-state index in [1.807, 2.05) is 24.3 Å². The zero-order valence-corrected chi connectivity index (χ0v) is 9.61. The molecule has 1 aromatic rings. The van der Waals surface area contributed by atoms with Crippen LogP contribution < -0.4 is 15.4 Å². The summed E-state index contributed by atoms with van der Waals surface area (Å²) < 4.78 is 5.58. The van der Waals surface area contributed by atoms with Crippen LogP contribution in [0.4, 0.5) is 4.79 Å². The summed E-state index contributed by atoms with van der Waals surface area (Å²) >= 11 is 0. The molecule has 0 radical (unpaired) electrons. The molecule has 0 fully saturated rings. The predicted octanol–water partition coefficient (Wildman–Crippen LogP) is 1.48. The minimum absolute atomic E-state index is 0.0229. The van der Waals surface area contributed by atoms with E-state index in [0.29, 0.717) is 13.2 Å². The molecule has 0 aromatic heterocycles. The number of para-hydroxylation sites is 1. The summed E-state index contributed by atoms with van der Waals surface area (Å²) in [6.45, 7) is 4.52. The fourth-order valence-electron chi connectivity index (χ4n) is 1.82. The largest absolute Gasteiger partial charge is 0.491 e. The van der Waals surface area contributed by atoms with Crippen LogP contribution in [0.2, 0.25) is 0 Å². The lowest BCUT2D eigenvalue weighted by Crippen LogP contribution is -2.47. The Balaban J connectivity index is 1.89. The molecule has 0 aliphatic carbocycles. The van der Waals surface area contributed by atoms with Gasteiger partial charge in [-0.25, -0.2) is 4.79 Å². The third-order valence-corrected chi connectivity index (χ3v) is 2.62. The minimum atomic E-state index is -0.183. The summed E-state index contributed by atoms with van der Waals surface area (Å²) in [5.41, 5.74) is 1.13. The van der Waals surface area contributed by atoms with E-state index >= 15 is 0 Å². The van der Waals surface area contributed by atoms with Crippen molar-refractivity contribution >= 4 is 6.03 Å². The summed E-state index contributed by atoms with van der Waals surface area (Å²) in [5, 5.41) is 5.55. The Morgan fingerprint density at radius 3 is 3.18 bits per heavy atom. The van der Waals surface area contributed by atoms with Crippen LogP contribution in [0.3, 0.4) is 0 Å². The lowest BCUT2D eigenvalue weighted by atomic mass is 10.0. The van der Waals surface area contributed by atoms with E-state index in [1.165, 1.54) is 0 Å². The summed E-state index contributed by atoms with van der Waals surface area (Å²) in [4.78, 5) is 11.5. The normalized spacial score (nSPS) is 17.5. The molecule has 1 atom stereocenters.